The van der Waals surface area contributed by atoms with Crippen LogP contribution in [0.15, 0.2) is 22.9 Å². The Bertz CT molecular complexity index is 613. The highest BCUT2D eigenvalue weighted by molar-refractivity contribution is 7.12. The lowest BCUT2D eigenvalue weighted by Gasteiger charge is -1.97. The Morgan fingerprint density at radius 2 is 2.32 bits per heavy atom. The van der Waals surface area contributed by atoms with Gasteiger partial charge in [0, 0.05) is 23.3 Å². The van der Waals surface area contributed by atoms with E-state index in [0.717, 1.165) is 11.3 Å². The van der Waals surface area contributed by atoms with E-state index in [1.807, 2.05) is 19.2 Å². The van der Waals surface area contributed by atoms with E-state index in [1.165, 1.54) is 18.4 Å². The zero-order valence-electron chi connectivity index (χ0n) is 11.1. The lowest BCUT2D eigenvalue weighted by molar-refractivity contribution is 0.103. The molecular formula is C13H15N3O2S. The minimum absolute atomic E-state index is 0.0668. The third kappa shape index (κ3) is 2.73. The Labute approximate surface area is 115 Å². The summed E-state index contributed by atoms with van der Waals surface area (Å²) in [6.45, 7) is 3.86. The van der Waals surface area contributed by atoms with Gasteiger partial charge in [0.05, 0.1) is 5.69 Å². The molecule has 0 fully saturated rings. The second-order valence-corrected chi connectivity index (χ2v) is 4.85. The Morgan fingerprint density at radius 3 is 2.89 bits per heavy atom. The monoisotopic (exact) mass is 277 g/mol. The van der Waals surface area contributed by atoms with Gasteiger partial charge in [-0.3, -0.25) is 4.79 Å². The Morgan fingerprint density at radius 1 is 1.53 bits per heavy atom. The number of aryl methyl sites for hydroxylation is 1. The van der Waals surface area contributed by atoms with E-state index in [4.69, 9.17) is 4.84 Å². The molecule has 0 saturated heterocycles. The molecule has 1 N–H and O–H groups in total. The smallest absolute Gasteiger partial charge is 0.223 e. The first-order chi connectivity index (χ1) is 9.17. The maximum atomic E-state index is 12.3. The van der Waals surface area contributed by atoms with Crippen LogP contribution in [0.3, 0.4) is 0 Å². The number of rotatable bonds is 5. The minimum Gasteiger partial charge on any atom is -0.399 e. The number of aromatic nitrogens is 2. The number of nitrogens with one attached hydrogen (secondary N) is 1. The fraction of sp³-hybridized carbons (Fsp3) is 0.308. The zero-order chi connectivity index (χ0) is 13.8. The van der Waals surface area contributed by atoms with Crippen LogP contribution in [-0.2, 0) is 4.84 Å². The quantitative estimate of drug-likeness (QED) is 0.519. The number of thiazole rings is 1. The fourth-order valence-corrected chi connectivity index (χ4v) is 2.49. The number of ketones is 1. The highest BCUT2D eigenvalue weighted by Crippen LogP contribution is 2.18. The van der Waals surface area contributed by atoms with Gasteiger partial charge in [-0.05, 0) is 18.9 Å². The normalized spacial score (nSPS) is 11.6. The van der Waals surface area contributed by atoms with Gasteiger partial charge in [0.2, 0.25) is 5.78 Å². The van der Waals surface area contributed by atoms with Gasteiger partial charge in [0.25, 0.3) is 0 Å². The molecule has 0 aliphatic heterocycles. The van der Waals surface area contributed by atoms with Gasteiger partial charge in [-0.2, -0.15) is 0 Å². The van der Waals surface area contributed by atoms with Crippen molar-refractivity contribution in [2.24, 2.45) is 5.16 Å². The number of hydrogen-bond acceptors (Lipinski definition) is 5. The number of carbonyl (C=O) groups is 1. The summed E-state index contributed by atoms with van der Waals surface area (Å²) in [7, 11) is 1.50. The molecule has 0 spiro atoms. The Hall–Kier alpha value is -1.95. The lowest BCUT2D eigenvalue weighted by Crippen LogP contribution is -2.04. The maximum Gasteiger partial charge on any atom is 0.223 e. The highest BCUT2D eigenvalue weighted by atomic mass is 32.1. The molecule has 0 amide bonds. The van der Waals surface area contributed by atoms with Gasteiger partial charge < -0.3 is 9.82 Å². The van der Waals surface area contributed by atoms with Crippen molar-refractivity contribution >= 4 is 22.8 Å². The van der Waals surface area contributed by atoms with Crippen LogP contribution in [0.4, 0.5) is 0 Å². The largest absolute Gasteiger partial charge is 0.399 e. The van der Waals surface area contributed by atoms with Gasteiger partial charge in [-0.1, -0.05) is 12.1 Å². The molecular weight excluding hydrogens is 262 g/mol. The molecule has 2 aromatic rings. The second kappa shape index (κ2) is 5.79. The first kappa shape index (κ1) is 13.5. The van der Waals surface area contributed by atoms with Crippen molar-refractivity contribution in [2.45, 2.75) is 20.3 Å². The molecule has 2 rings (SSSR count). The highest BCUT2D eigenvalue weighted by Gasteiger charge is 2.17. The molecule has 2 heterocycles. The van der Waals surface area contributed by atoms with E-state index in [0.29, 0.717) is 22.7 Å². The van der Waals surface area contributed by atoms with Crippen LogP contribution in [0.5, 0.6) is 0 Å². The van der Waals surface area contributed by atoms with Gasteiger partial charge in [0.1, 0.15) is 12.8 Å². The van der Waals surface area contributed by atoms with E-state index in [-0.39, 0.29) is 5.78 Å². The van der Waals surface area contributed by atoms with Crippen molar-refractivity contribution in [3.63, 3.8) is 0 Å². The minimum atomic E-state index is -0.0668. The molecule has 6 heteroatoms. The molecule has 2 aromatic heterocycles. The molecule has 100 valence electrons. The standard InChI is InChI=1S/C13H15N3O2S/c1-4-10(16-18-3)11-7-19-13(15-11)12(17)9-6-14-5-8(9)2/h5-7,14H,4H2,1-3H3/b16-10+. The summed E-state index contributed by atoms with van der Waals surface area (Å²) in [5, 5.41) is 6.21. The summed E-state index contributed by atoms with van der Waals surface area (Å²) in [5.74, 6) is -0.0668. The maximum absolute atomic E-state index is 12.3. The first-order valence-electron chi connectivity index (χ1n) is 5.91. The Balaban J connectivity index is 2.29. The van der Waals surface area contributed by atoms with Gasteiger partial charge in [-0.25, -0.2) is 4.98 Å². The summed E-state index contributed by atoms with van der Waals surface area (Å²) in [4.78, 5) is 24.3. The first-order valence-corrected chi connectivity index (χ1v) is 6.79. The van der Waals surface area contributed by atoms with Crippen LogP contribution >= 0.6 is 11.3 Å². The molecule has 0 aliphatic rings. The fourth-order valence-electron chi connectivity index (χ4n) is 1.71. The zero-order valence-corrected chi connectivity index (χ0v) is 11.9. The summed E-state index contributed by atoms with van der Waals surface area (Å²) in [6.07, 6.45) is 4.20. The molecule has 0 aliphatic carbocycles. The number of nitrogens with zero attached hydrogens (tertiary/aromatic N) is 2. The van der Waals surface area contributed by atoms with E-state index in [1.54, 1.807) is 12.4 Å². The van der Waals surface area contributed by atoms with Crippen LogP contribution < -0.4 is 0 Å². The molecule has 0 aromatic carbocycles. The molecule has 0 atom stereocenters. The van der Waals surface area contributed by atoms with Crippen LogP contribution in [-0.4, -0.2) is 28.6 Å². The lowest BCUT2D eigenvalue weighted by atomic mass is 10.1. The van der Waals surface area contributed by atoms with Gasteiger partial charge >= 0.3 is 0 Å². The van der Waals surface area contributed by atoms with E-state index >= 15 is 0 Å². The predicted octanol–water partition coefficient (Wildman–Crippen LogP) is 2.77. The van der Waals surface area contributed by atoms with E-state index in [9.17, 15) is 4.79 Å². The average molecular weight is 277 g/mol. The van der Waals surface area contributed by atoms with Crippen molar-refractivity contribution in [2.75, 3.05) is 7.11 Å². The number of carbonyl (C=O) groups excluding carboxylic acids is 1. The van der Waals surface area contributed by atoms with Crippen molar-refractivity contribution in [1.29, 1.82) is 0 Å². The Kier molecular flexibility index (Phi) is 4.11. The second-order valence-electron chi connectivity index (χ2n) is 3.99. The SMILES string of the molecule is CC/C(=N\OC)c1csc(C(=O)c2c[nH]cc2C)n1. The summed E-state index contributed by atoms with van der Waals surface area (Å²) >= 11 is 1.32. The summed E-state index contributed by atoms with van der Waals surface area (Å²) < 4.78 is 0. The van der Waals surface area contributed by atoms with Gasteiger partial charge in [-0.15, -0.1) is 11.3 Å². The van der Waals surface area contributed by atoms with E-state index < -0.39 is 0 Å². The van der Waals surface area contributed by atoms with Crippen molar-refractivity contribution in [1.82, 2.24) is 9.97 Å². The van der Waals surface area contributed by atoms with Crippen LogP contribution in [0.2, 0.25) is 0 Å². The average Bonchev–Trinajstić information content (AvgIpc) is 3.04. The van der Waals surface area contributed by atoms with Crippen LogP contribution in [0.25, 0.3) is 0 Å². The third-order valence-electron chi connectivity index (χ3n) is 2.73. The van der Waals surface area contributed by atoms with E-state index in [2.05, 4.69) is 15.1 Å². The van der Waals surface area contributed by atoms with Crippen molar-refractivity contribution in [3.8, 4) is 0 Å². The number of aromatic amines is 1. The summed E-state index contributed by atoms with van der Waals surface area (Å²) in [6, 6.07) is 0. The molecule has 0 radical (unpaired) electrons. The van der Waals surface area contributed by atoms with Crippen LogP contribution in [0, 0.1) is 6.92 Å². The molecule has 0 unspecified atom stereocenters. The van der Waals surface area contributed by atoms with Gasteiger partial charge in [0.15, 0.2) is 5.01 Å². The molecule has 5 nitrogen and oxygen atoms in total. The molecule has 0 bridgehead atoms. The van der Waals surface area contributed by atoms with Crippen molar-refractivity contribution in [3.05, 3.63) is 39.6 Å². The molecule has 0 saturated carbocycles. The third-order valence-corrected chi connectivity index (χ3v) is 3.57. The number of oxime groups is 1. The molecule has 19 heavy (non-hydrogen) atoms. The number of H-pyrrole nitrogens is 1. The summed E-state index contributed by atoms with van der Waals surface area (Å²) in [5.41, 5.74) is 3.01. The topological polar surface area (TPSA) is 67.3 Å². The van der Waals surface area contributed by atoms with Crippen molar-refractivity contribution < 1.29 is 9.63 Å². The predicted molar refractivity (Wildman–Crippen MR) is 74.9 cm³/mol. The van der Waals surface area contributed by atoms with Crippen LogP contribution in [0.1, 0.15) is 40.0 Å². The number of hydrogen-bond donors (Lipinski definition) is 1.